The van der Waals surface area contributed by atoms with Crippen molar-refractivity contribution in [2.24, 2.45) is 17.8 Å². The summed E-state index contributed by atoms with van der Waals surface area (Å²) in [4.78, 5) is 10.5. The molecular formula is C9H14O. The summed E-state index contributed by atoms with van der Waals surface area (Å²) in [7, 11) is 0. The number of carbonyl (C=O) groups excluding carboxylic acids is 1. The molecule has 0 spiro atoms. The van der Waals surface area contributed by atoms with Gasteiger partial charge in [-0.25, -0.2) is 0 Å². The minimum absolute atomic E-state index is 0.422. The maximum Gasteiger partial charge on any atom is 0.123 e. The molecule has 10 heavy (non-hydrogen) atoms. The zero-order chi connectivity index (χ0) is 6.97. The fourth-order valence-electron chi connectivity index (χ4n) is 2.67. The lowest BCUT2D eigenvalue weighted by Crippen LogP contribution is -2.16. The Morgan fingerprint density at radius 2 is 1.60 bits per heavy atom. The van der Waals surface area contributed by atoms with Gasteiger partial charge < -0.3 is 4.79 Å². The highest BCUT2D eigenvalue weighted by molar-refractivity contribution is 5.53. The van der Waals surface area contributed by atoms with Crippen LogP contribution < -0.4 is 0 Å². The minimum Gasteiger partial charge on any atom is -0.303 e. The molecule has 0 aromatic carbocycles. The fraction of sp³-hybridized carbons (Fsp3) is 0.889. The largest absolute Gasteiger partial charge is 0.303 e. The first-order chi connectivity index (χ1) is 4.88. The second-order valence-corrected chi connectivity index (χ2v) is 3.91. The maximum absolute atomic E-state index is 10.5. The van der Waals surface area contributed by atoms with Crippen molar-refractivity contribution in [3.63, 3.8) is 0 Å². The molecular weight excluding hydrogens is 124 g/mol. The Morgan fingerprint density at radius 1 is 1.00 bits per heavy atom. The van der Waals surface area contributed by atoms with Gasteiger partial charge in [-0.1, -0.05) is 12.8 Å². The van der Waals surface area contributed by atoms with E-state index in [2.05, 4.69) is 0 Å². The summed E-state index contributed by atoms with van der Waals surface area (Å²) in [6.45, 7) is 0. The monoisotopic (exact) mass is 138 g/mol. The lowest BCUT2D eigenvalue weighted by atomic mass is 9.82. The number of aldehydes is 1. The van der Waals surface area contributed by atoms with Crippen LogP contribution in [-0.4, -0.2) is 6.29 Å². The van der Waals surface area contributed by atoms with Crippen molar-refractivity contribution in [2.45, 2.75) is 32.1 Å². The van der Waals surface area contributed by atoms with Crippen molar-refractivity contribution in [1.82, 2.24) is 0 Å². The highest BCUT2D eigenvalue weighted by atomic mass is 16.1. The van der Waals surface area contributed by atoms with E-state index in [1.54, 1.807) is 0 Å². The molecule has 0 aromatic heterocycles. The zero-order valence-electron chi connectivity index (χ0n) is 6.25. The van der Waals surface area contributed by atoms with Gasteiger partial charge in [0.25, 0.3) is 0 Å². The second-order valence-electron chi connectivity index (χ2n) is 3.91. The summed E-state index contributed by atoms with van der Waals surface area (Å²) < 4.78 is 0. The van der Waals surface area contributed by atoms with E-state index in [1.165, 1.54) is 38.4 Å². The quantitative estimate of drug-likeness (QED) is 0.506. The summed E-state index contributed by atoms with van der Waals surface area (Å²) in [5, 5.41) is 0. The van der Waals surface area contributed by atoms with Crippen LogP contribution in [0.2, 0.25) is 0 Å². The van der Waals surface area contributed by atoms with Crippen molar-refractivity contribution < 1.29 is 4.79 Å². The summed E-state index contributed by atoms with van der Waals surface area (Å²) in [5.74, 6) is 2.24. The lowest BCUT2D eigenvalue weighted by molar-refractivity contribution is -0.112. The summed E-state index contributed by atoms with van der Waals surface area (Å²) in [5.41, 5.74) is 0. The number of hydrogen-bond acceptors (Lipinski definition) is 1. The van der Waals surface area contributed by atoms with Gasteiger partial charge in [0.05, 0.1) is 0 Å². The van der Waals surface area contributed by atoms with Crippen LogP contribution in [0.15, 0.2) is 0 Å². The SMILES string of the molecule is O=CC1C[C@H]2CC[C@@H](C1)C2. The molecule has 2 aliphatic rings. The van der Waals surface area contributed by atoms with Crippen LogP contribution in [0.4, 0.5) is 0 Å². The van der Waals surface area contributed by atoms with Gasteiger partial charge in [-0.3, -0.25) is 0 Å². The Kier molecular flexibility index (Phi) is 1.51. The van der Waals surface area contributed by atoms with E-state index in [0.29, 0.717) is 5.92 Å². The summed E-state index contributed by atoms with van der Waals surface area (Å²) in [6, 6.07) is 0. The van der Waals surface area contributed by atoms with Gasteiger partial charge in [-0.05, 0) is 31.1 Å². The number of rotatable bonds is 1. The van der Waals surface area contributed by atoms with E-state index in [1.807, 2.05) is 0 Å². The van der Waals surface area contributed by atoms with Gasteiger partial charge in [-0.2, -0.15) is 0 Å². The van der Waals surface area contributed by atoms with Crippen molar-refractivity contribution in [2.75, 3.05) is 0 Å². The summed E-state index contributed by atoms with van der Waals surface area (Å²) in [6.07, 6.45) is 7.78. The molecule has 2 bridgehead atoms. The third kappa shape index (κ3) is 0.979. The van der Waals surface area contributed by atoms with Gasteiger partial charge in [0.2, 0.25) is 0 Å². The smallest absolute Gasteiger partial charge is 0.123 e. The van der Waals surface area contributed by atoms with Crippen molar-refractivity contribution in [3.05, 3.63) is 0 Å². The van der Waals surface area contributed by atoms with Crippen LogP contribution in [0, 0.1) is 17.8 Å². The Morgan fingerprint density at radius 3 is 2.10 bits per heavy atom. The van der Waals surface area contributed by atoms with Crippen molar-refractivity contribution >= 4 is 6.29 Å². The normalized spacial score (nSPS) is 45.4. The van der Waals surface area contributed by atoms with Crippen LogP contribution in [0.3, 0.4) is 0 Å². The van der Waals surface area contributed by atoms with Gasteiger partial charge in [0, 0.05) is 5.92 Å². The molecule has 3 atom stereocenters. The van der Waals surface area contributed by atoms with Crippen LogP contribution in [-0.2, 0) is 4.79 Å². The molecule has 0 N–H and O–H groups in total. The van der Waals surface area contributed by atoms with Crippen molar-refractivity contribution in [3.8, 4) is 0 Å². The first-order valence-corrected chi connectivity index (χ1v) is 4.34. The standard InChI is InChI=1S/C9H14O/c10-6-9-4-7-1-2-8(3-7)5-9/h6-9H,1-5H2/t7-,8+,9?. The van der Waals surface area contributed by atoms with Crippen LogP contribution in [0.25, 0.3) is 0 Å². The fourth-order valence-corrected chi connectivity index (χ4v) is 2.67. The minimum atomic E-state index is 0.422. The third-order valence-electron chi connectivity index (χ3n) is 3.11. The van der Waals surface area contributed by atoms with Crippen LogP contribution >= 0.6 is 0 Å². The Bertz CT molecular complexity index is 130. The third-order valence-corrected chi connectivity index (χ3v) is 3.11. The first-order valence-electron chi connectivity index (χ1n) is 4.34. The predicted molar refractivity (Wildman–Crippen MR) is 39.6 cm³/mol. The highest BCUT2D eigenvalue weighted by Gasteiger charge is 2.33. The predicted octanol–water partition coefficient (Wildman–Crippen LogP) is 2.01. The van der Waals surface area contributed by atoms with Gasteiger partial charge in [0.15, 0.2) is 0 Å². The summed E-state index contributed by atoms with van der Waals surface area (Å²) >= 11 is 0. The Balaban J connectivity index is 2.02. The van der Waals surface area contributed by atoms with E-state index >= 15 is 0 Å². The van der Waals surface area contributed by atoms with Gasteiger partial charge >= 0.3 is 0 Å². The average molecular weight is 138 g/mol. The first kappa shape index (κ1) is 6.38. The zero-order valence-corrected chi connectivity index (χ0v) is 6.25. The molecule has 1 unspecified atom stereocenters. The van der Waals surface area contributed by atoms with E-state index in [-0.39, 0.29) is 0 Å². The van der Waals surface area contributed by atoms with Crippen molar-refractivity contribution in [1.29, 1.82) is 0 Å². The number of hydrogen-bond donors (Lipinski definition) is 0. The molecule has 0 radical (unpaired) electrons. The van der Waals surface area contributed by atoms with Gasteiger partial charge in [-0.15, -0.1) is 0 Å². The Hall–Kier alpha value is -0.330. The van der Waals surface area contributed by atoms with E-state index < -0.39 is 0 Å². The van der Waals surface area contributed by atoms with Crippen LogP contribution in [0.1, 0.15) is 32.1 Å². The lowest BCUT2D eigenvalue weighted by Gasteiger charge is -2.22. The molecule has 1 nitrogen and oxygen atoms in total. The highest BCUT2D eigenvalue weighted by Crippen LogP contribution is 2.43. The van der Waals surface area contributed by atoms with E-state index in [0.717, 1.165) is 11.8 Å². The number of carbonyl (C=O) groups is 1. The molecule has 2 saturated carbocycles. The molecule has 2 rings (SSSR count). The molecule has 0 heterocycles. The molecule has 2 aliphatic carbocycles. The molecule has 0 aliphatic heterocycles. The molecule has 2 fully saturated rings. The topological polar surface area (TPSA) is 17.1 Å². The van der Waals surface area contributed by atoms with E-state index in [9.17, 15) is 4.79 Å². The molecule has 0 amide bonds. The van der Waals surface area contributed by atoms with Gasteiger partial charge in [0.1, 0.15) is 6.29 Å². The average Bonchev–Trinajstić information content (AvgIpc) is 2.30. The maximum atomic E-state index is 10.5. The number of fused-ring (bicyclic) bond motifs is 2. The molecule has 0 saturated heterocycles. The Labute approximate surface area is 61.8 Å². The molecule has 56 valence electrons. The molecule has 1 heteroatoms. The van der Waals surface area contributed by atoms with E-state index in [4.69, 9.17) is 0 Å². The van der Waals surface area contributed by atoms with Crippen LogP contribution in [0.5, 0.6) is 0 Å². The second kappa shape index (κ2) is 2.37. The molecule has 0 aromatic rings.